The summed E-state index contributed by atoms with van der Waals surface area (Å²) in [6.07, 6.45) is 3.74. The largest absolute Gasteiger partial charge is 0.353 e. The van der Waals surface area contributed by atoms with Crippen molar-refractivity contribution in [2.75, 3.05) is 14.2 Å². The monoisotopic (exact) mass is 178 g/mol. The topological polar surface area (TPSA) is 35.5 Å². The van der Waals surface area contributed by atoms with Crippen LogP contribution in [-0.2, 0) is 13.6 Å². The molecule has 0 spiro atoms. The van der Waals surface area contributed by atoms with Gasteiger partial charge in [-0.05, 0) is 6.42 Å². The Morgan fingerprint density at radius 1 is 1.36 bits per heavy atom. The molecule has 0 aliphatic carbocycles. The first-order valence-corrected chi connectivity index (χ1v) is 5.18. The highest BCUT2D eigenvalue weighted by Gasteiger charge is 2.14. The van der Waals surface area contributed by atoms with Crippen LogP contribution in [-0.4, -0.2) is 14.2 Å². The summed E-state index contributed by atoms with van der Waals surface area (Å²) in [7, 11) is -0.140. The van der Waals surface area contributed by atoms with Crippen LogP contribution < -0.4 is 0 Å². The van der Waals surface area contributed by atoms with Crippen molar-refractivity contribution in [3.63, 3.8) is 0 Å². The van der Waals surface area contributed by atoms with Crippen LogP contribution in [0.5, 0.6) is 0 Å². The maximum absolute atomic E-state index is 11.3. The normalized spacial score (nSPS) is 12.6. The minimum absolute atomic E-state index is 0.900. The fraction of sp³-hybridized carbons (Fsp3) is 0.714. The van der Waals surface area contributed by atoms with Crippen LogP contribution in [0.15, 0.2) is 11.9 Å². The molecular weight excluding hydrogens is 163 g/mol. The standard InChI is InChI=1S/C7H15O3P/c1-4-5-6-7-11(8,9-2)10-3/h6-7H,4-5H2,1-3H3. The molecule has 0 saturated carbocycles. The van der Waals surface area contributed by atoms with Gasteiger partial charge >= 0.3 is 7.60 Å². The molecule has 4 heteroatoms. The molecular formula is C7H15O3P. The smallest absolute Gasteiger partial charge is 0.309 e. The maximum atomic E-state index is 11.3. The first-order chi connectivity index (χ1) is 5.18. The Morgan fingerprint density at radius 2 is 1.91 bits per heavy atom. The third kappa shape index (κ3) is 4.35. The Bertz CT molecular complexity index is 157. The number of hydrogen-bond acceptors (Lipinski definition) is 3. The van der Waals surface area contributed by atoms with Gasteiger partial charge in [0.15, 0.2) is 0 Å². The summed E-state index contributed by atoms with van der Waals surface area (Å²) in [5, 5.41) is 0. The lowest BCUT2D eigenvalue weighted by atomic mass is 10.3. The fourth-order valence-corrected chi connectivity index (χ4v) is 1.37. The minimum atomic E-state index is -2.89. The SMILES string of the molecule is CCCC=CP(=O)(OC)OC. The third-order valence-electron chi connectivity index (χ3n) is 1.25. The van der Waals surface area contributed by atoms with Gasteiger partial charge in [-0.2, -0.15) is 0 Å². The second kappa shape index (κ2) is 5.53. The third-order valence-corrected chi connectivity index (χ3v) is 2.85. The first-order valence-electron chi connectivity index (χ1n) is 3.57. The van der Waals surface area contributed by atoms with Crippen LogP contribution in [0.2, 0.25) is 0 Å². The van der Waals surface area contributed by atoms with E-state index in [1.807, 2.05) is 6.08 Å². The van der Waals surface area contributed by atoms with E-state index in [-0.39, 0.29) is 0 Å². The molecule has 0 rings (SSSR count). The van der Waals surface area contributed by atoms with Crippen molar-refractivity contribution in [2.24, 2.45) is 0 Å². The molecule has 0 fully saturated rings. The van der Waals surface area contributed by atoms with Crippen molar-refractivity contribution in [3.8, 4) is 0 Å². The van der Waals surface area contributed by atoms with E-state index >= 15 is 0 Å². The lowest BCUT2D eigenvalue weighted by Crippen LogP contribution is -1.82. The van der Waals surface area contributed by atoms with E-state index < -0.39 is 7.60 Å². The number of hydrogen-bond donors (Lipinski definition) is 0. The van der Waals surface area contributed by atoms with Gasteiger partial charge in [-0.15, -0.1) is 0 Å². The summed E-state index contributed by atoms with van der Waals surface area (Å²) in [5.74, 6) is 1.50. The van der Waals surface area contributed by atoms with Crippen LogP contribution in [0.4, 0.5) is 0 Å². The predicted octanol–water partition coefficient (Wildman–Crippen LogP) is 2.79. The molecule has 0 aromatic rings. The van der Waals surface area contributed by atoms with Crippen LogP contribution in [0, 0.1) is 0 Å². The van der Waals surface area contributed by atoms with E-state index in [0.29, 0.717) is 0 Å². The Balaban J connectivity index is 3.97. The van der Waals surface area contributed by atoms with Crippen molar-refractivity contribution in [2.45, 2.75) is 19.8 Å². The lowest BCUT2D eigenvalue weighted by Gasteiger charge is -2.07. The highest BCUT2D eigenvalue weighted by Crippen LogP contribution is 2.47. The van der Waals surface area contributed by atoms with E-state index in [4.69, 9.17) is 0 Å². The van der Waals surface area contributed by atoms with E-state index in [1.54, 1.807) is 0 Å². The molecule has 0 amide bonds. The second-order valence-electron chi connectivity index (χ2n) is 2.08. The zero-order chi connectivity index (χ0) is 8.74. The zero-order valence-electron chi connectivity index (χ0n) is 7.24. The lowest BCUT2D eigenvalue weighted by molar-refractivity contribution is 0.286. The summed E-state index contributed by atoms with van der Waals surface area (Å²) in [6.45, 7) is 2.05. The van der Waals surface area contributed by atoms with Crippen LogP contribution >= 0.6 is 7.60 Å². The van der Waals surface area contributed by atoms with Gasteiger partial charge < -0.3 is 9.05 Å². The molecule has 0 atom stereocenters. The Morgan fingerprint density at radius 3 is 2.27 bits per heavy atom. The van der Waals surface area contributed by atoms with Gasteiger partial charge in [-0.3, -0.25) is 4.57 Å². The van der Waals surface area contributed by atoms with Gasteiger partial charge in [0.1, 0.15) is 0 Å². The average molecular weight is 178 g/mol. The van der Waals surface area contributed by atoms with E-state index in [1.165, 1.54) is 20.0 Å². The van der Waals surface area contributed by atoms with E-state index in [9.17, 15) is 4.57 Å². The van der Waals surface area contributed by atoms with Gasteiger partial charge in [0.2, 0.25) is 0 Å². The average Bonchev–Trinajstić information content (AvgIpc) is 2.05. The molecule has 11 heavy (non-hydrogen) atoms. The van der Waals surface area contributed by atoms with Crippen molar-refractivity contribution < 1.29 is 13.6 Å². The molecule has 0 aromatic heterocycles. The molecule has 0 bridgehead atoms. The number of allylic oxidation sites excluding steroid dienone is 1. The summed E-state index contributed by atoms with van der Waals surface area (Å²) < 4.78 is 20.7. The Kier molecular flexibility index (Phi) is 5.47. The Labute approximate surface area is 67.9 Å². The van der Waals surface area contributed by atoms with Crippen molar-refractivity contribution in [1.82, 2.24) is 0 Å². The van der Waals surface area contributed by atoms with Gasteiger partial charge in [0, 0.05) is 20.0 Å². The highest BCUT2D eigenvalue weighted by atomic mass is 31.2. The molecule has 3 nitrogen and oxygen atoms in total. The number of unbranched alkanes of at least 4 members (excludes halogenated alkanes) is 1. The van der Waals surface area contributed by atoms with E-state index in [2.05, 4.69) is 16.0 Å². The molecule has 66 valence electrons. The van der Waals surface area contributed by atoms with Gasteiger partial charge in [-0.25, -0.2) is 0 Å². The number of rotatable bonds is 5. The van der Waals surface area contributed by atoms with Crippen molar-refractivity contribution in [3.05, 3.63) is 11.9 Å². The van der Waals surface area contributed by atoms with E-state index in [0.717, 1.165) is 12.8 Å². The maximum Gasteiger partial charge on any atom is 0.353 e. The predicted molar refractivity (Wildman–Crippen MR) is 45.7 cm³/mol. The first kappa shape index (κ1) is 10.9. The Hall–Kier alpha value is -0.110. The van der Waals surface area contributed by atoms with Crippen LogP contribution in [0.1, 0.15) is 19.8 Å². The molecule has 0 radical (unpaired) electrons. The van der Waals surface area contributed by atoms with Crippen LogP contribution in [0.3, 0.4) is 0 Å². The van der Waals surface area contributed by atoms with Gasteiger partial charge in [-0.1, -0.05) is 19.4 Å². The molecule has 0 N–H and O–H groups in total. The fourth-order valence-electron chi connectivity index (χ4n) is 0.567. The summed E-state index contributed by atoms with van der Waals surface area (Å²) in [5.41, 5.74) is 0. The molecule has 0 heterocycles. The van der Waals surface area contributed by atoms with Gasteiger partial charge in [0.25, 0.3) is 0 Å². The zero-order valence-corrected chi connectivity index (χ0v) is 8.14. The summed E-state index contributed by atoms with van der Waals surface area (Å²) in [4.78, 5) is 0. The summed E-state index contributed by atoms with van der Waals surface area (Å²) in [6, 6.07) is 0. The van der Waals surface area contributed by atoms with Crippen molar-refractivity contribution >= 4 is 7.60 Å². The quantitative estimate of drug-likeness (QED) is 0.607. The minimum Gasteiger partial charge on any atom is -0.309 e. The van der Waals surface area contributed by atoms with Crippen LogP contribution in [0.25, 0.3) is 0 Å². The molecule has 0 saturated heterocycles. The molecule has 0 aliphatic rings. The van der Waals surface area contributed by atoms with Gasteiger partial charge in [0.05, 0.1) is 0 Å². The van der Waals surface area contributed by atoms with Crippen molar-refractivity contribution in [1.29, 1.82) is 0 Å². The highest BCUT2D eigenvalue weighted by molar-refractivity contribution is 7.57. The molecule has 0 unspecified atom stereocenters. The second-order valence-corrected chi connectivity index (χ2v) is 4.19. The molecule has 0 aromatic carbocycles. The summed E-state index contributed by atoms with van der Waals surface area (Å²) >= 11 is 0. The molecule has 0 aliphatic heterocycles.